The van der Waals surface area contributed by atoms with Crippen molar-refractivity contribution in [2.45, 2.75) is 140 Å². The maximum atomic E-state index is 12.7. The first-order valence-corrected chi connectivity index (χ1v) is 21.4. The quantitative estimate of drug-likeness (QED) is 0.121. The molecular weight excluding hydrogens is 677 g/mol. The molecule has 3 aromatic carbocycles. The number of nitrogens with two attached hydrogens (primary N) is 1. The maximum absolute atomic E-state index is 12.7. The van der Waals surface area contributed by atoms with Gasteiger partial charge in [-0.25, -0.2) is 0 Å². The predicted octanol–water partition coefficient (Wildman–Crippen LogP) is 12.0. The summed E-state index contributed by atoms with van der Waals surface area (Å²) in [6.45, 7) is 30.4. The zero-order valence-electron chi connectivity index (χ0n) is 37.3. The fraction of sp³-hybridized carbons (Fsp3) is 0.592. The lowest BCUT2D eigenvalue weighted by Gasteiger charge is -2.33. The Morgan fingerprint density at radius 2 is 0.964 bits per heavy atom. The van der Waals surface area contributed by atoms with Crippen molar-refractivity contribution in [1.29, 1.82) is 0 Å². The van der Waals surface area contributed by atoms with Gasteiger partial charge in [-0.05, 0) is 74.6 Å². The lowest BCUT2D eigenvalue weighted by molar-refractivity contribution is -0.138. The number of benzene rings is 3. The summed E-state index contributed by atoms with van der Waals surface area (Å²) in [6.07, 6.45) is 5.30. The molecule has 310 valence electrons. The Bertz CT molecular complexity index is 1350. The van der Waals surface area contributed by atoms with Crippen LogP contribution in [0.5, 0.6) is 0 Å². The molecule has 0 aliphatic heterocycles. The van der Waals surface area contributed by atoms with Gasteiger partial charge in [-0.15, -0.1) is 0 Å². The van der Waals surface area contributed by atoms with Gasteiger partial charge in [-0.2, -0.15) is 0 Å². The number of rotatable bonds is 18. The first-order chi connectivity index (χ1) is 26.2. The van der Waals surface area contributed by atoms with Crippen LogP contribution in [0.1, 0.15) is 157 Å². The first kappa shape index (κ1) is 51.5. The topological polar surface area (TPSA) is 87.5 Å². The molecule has 0 aliphatic carbocycles. The minimum Gasteiger partial charge on any atom is -0.356 e. The van der Waals surface area contributed by atoms with Crippen molar-refractivity contribution in [3.8, 4) is 0 Å². The molecule has 0 unspecified atom stereocenters. The van der Waals surface area contributed by atoms with E-state index in [1.807, 2.05) is 76.2 Å². The number of nitrogens with zero attached hydrogens (tertiary/aromatic N) is 1. The van der Waals surface area contributed by atoms with Crippen molar-refractivity contribution in [2.24, 2.45) is 35.3 Å². The van der Waals surface area contributed by atoms with Gasteiger partial charge in [0.25, 0.3) is 0 Å². The third-order valence-electron chi connectivity index (χ3n) is 10.7. The van der Waals surface area contributed by atoms with Crippen molar-refractivity contribution in [3.05, 3.63) is 108 Å². The van der Waals surface area contributed by atoms with Crippen LogP contribution in [-0.2, 0) is 9.59 Å². The largest absolute Gasteiger partial charge is 0.356 e. The molecule has 0 radical (unpaired) electrons. The Kier molecular flexibility index (Phi) is 28.8. The third kappa shape index (κ3) is 22.6. The second-order valence-corrected chi connectivity index (χ2v) is 15.7. The standard InChI is InChI=1S/C18H29NO.C13H21N.C10H21NO.C8H11N/c1-6-14(3)13-19(18(20)15(4)7-2)16(5)17-11-9-8-10-12-17;1-4-11(2)10-14-12(3)13-8-6-5-7-9-13;1-5-8(3)7-11-10(12)9(4)6-2;1-7(9)8-5-3-2-4-6-8/h8-12,14-16H,6-7,13H2,1-5H3;5-9,11-12,14H,4,10H2,1-3H3;8-9H,5-7H2,1-4H3,(H,11,12);2-7H,9H2,1H3/t14-,15-,16+;11-,12+;8-,9-;7-/m0001/s1. The van der Waals surface area contributed by atoms with E-state index in [0.29, 0.717) is 17.9 Å². The summed E-state index contributed by atoms with van der Waals surface area (Å²) in [7, 11) is 0. The van der Waals surface area contributed by atoms with Gasteiger partial charge in [0.2, 0.25) is 11.8 Å². The lowest BCUT2D eigenvalue weighted by Crippen LogP contribution is -2.39. The van der Waals surface area contributed by atoms with E-state index in [1.165, 1.54) is 23.1 Å². The van der Waals surface area contributed by atoms with Crippen molar-refractivity contribution >= 4 is 11.8 Å². The number of nitrogens with one attached hydrogen (secondary N) is 2. The second kappa shape index (κ2) is 30.7. The van der Waals surface area contributed by atoms with Gasteiger partial charge in [-0.1, -0.05) is 179 Å². The molecule has 6 heteroatoms. The van der Waals surface area contributed by atoms with Crippen LogP contribution in [0.4, 0.5) is 0 Å². The van der Waals surface area contributed by atoms with Gasteiger partial charge in [0, 0.05) is 37.0 Å². The Labute approximate surface area is 338 Å². The molecule has 3 rings (SSSR count). The van der Waals surface area contributed by atoms with Crippen LogP contribution >= 0.6 is 0 Å². The summed E-state index contributed by atoms with van der Waals surface area (Å²) >= 11 is 0. The molecule has 0 bridgehead atoms. The highest BCUT2D eigenvalue weighted by molar-refractivity contribution is 5.79. The monoisotopic (exact) mass is 759 g/mol. The lowest BCUT2D eigenvalue weighted by atomic mass is 10.00. The normalized spacial score (nSPS) is 14.9. The summed E-state index contributed by atoms with van der Waals surface area (Å²) < 4.78 is 0. The van der Waals surface area contributed by atoms with E-state index < -0.39 is 0 Å². The van der Waals surface area contributed by atoms with E-state index in [2.05, 4.69) is 120 Å². The number of carbonyl (C=O) groups is 2. The molecule has 8 atom stereocenters. The molecule has 0 fully saturated rings. The van der Waals surface area contributed by atoms with Gasteiger partial charge < -0.3 is 21.3 Å². The summed E-state index contributed by atoms with van der Waals surface area (Å²) in [6, 6.07) is 31.7. The highest BCUT2D eigenvalue weighted by Gasteiger charge is 2.26. The highest BCUT2D eigenvalue weighted by atomic mass is 16.2. The summed E-state index contributed by atoms with van der Waals surface area (Å²) in [4.78, 5) is 26.0. The van der Waals surface area contributed by atoms with Gasteiger partial charge in [0.05, 0.1) is 6.04 Å². The van der Waals surface area contributed by atoms with E-state index in [1.54, 1.807) is 0 Å². The van der Waals surface area contributed by atoms with Crippen molar-refractivity contribution in [2.75, 3.05) is 19.6 Å². The van der Waals surface area contributed by atoms with Crippen LogP contribution in [0.2, 0.25) is 0 Å². The molecule has 55 heavy (non-hydrogen) atoms. The molecular formula is C49H82N4O2. The Balaban J connectivity index is 0.000000737. The molecule has 2 amide bonds. The van der Waals surface area contributed by atoms with E-state index in [-0.39, 0.29) is 35.7 Å². The SMILES string of the molecule is CC[C@H](C)CN(C(=O)[C@@H](C)CC)[C@H](C)c1ccccc1.CC[C@H](C)CNC(=O)[C@@H](C)CC.CC[C@H](C)CN[C@H](C)c1ccccc1.C[C@@H](N)c1ccccc1. The Morgan fingerprint density at radius 3 is 1.36 bits per heavy atom. The fourth-order valence-corrected chi connectivity index (χ4v) is 5.19. The van der Waals surface area contributed by atoms with E-state index >= 15 is 0 Å². The minimum atomic E-state index is 0.102. The molecule has 6 nitrogen and oxygen atoms in total. The maximum Gasteiger partial charge on any atom is 0.225 e. The van der Waals surface area contributed by atoms with Crippen LogP contribution in [0, 0.1) is 29.6 Å². The zero-order valence-corrected chi connectivity index (χ0v) is 37.3. The van der Waals surface area contributed by atoms with Crippen LogP contribution < -0.4 is 16.4 Å². The fourth-order valence-electron chi connectivity index (χ4n) is 5.19. The molecule has 0 aliphatic rings. The molecule has 0 heterocycles. The summed E-state index contributed by atoms with van der Waals surface area (Å²) in [5.41, 5.74) is 9.39. The highest BCUT2D eigenvalue weighted by Crippen LogP contribution is 2.24. The average molecular weight is 759 g/mol. The van der Waals surface area contributed by atoms with Crippen LogP contribution in [0.25, 0.3) is 0 Å². The van der Waals surface area contributed by atoms with E-state index in [0.717, 1.165) is 51.2 Å². The number of hydrogen-bond donors (Lipinski definition) is 3. The molecule has 4 N–H and O–H groups in total. The summed E-state index contributed by atoms with van der Waals surface area (Å²) in [5.74, 6) is 2.63. The van der Waals surface area contributed by atoms with Crippen molar-refractivity contribution in [3.63, 3.8) is 0 Å². The van der Waals surface area contributed by atoms with Crippen LogP contribution in [0.15, 0.2) is 91.0 Å². The summed E-state index contributed by atoms with van der Waals surface area (Å²) in [5, 5.41) is 6.49. The molecule has 0 spiro atoms. The van der Waals surface area contributed by atoms with Crippen molar-refractivity contribution in [1.82, 2.24) is 15.5 Å². The Hall–Kier alpha value is -3.48. The van der Waals surface area contributed by atoms with Gasteiger partial charge in [-0.3, -0.25) is 9.59 Å². The Morgan fingerprint density at radius 1 is 0.545 bits per heavy atom. The zero-order chi connectivity index (χ0) is 41.8. The molecule has 0 aromatic heterocycles. The van der Waals surface area contributed by atoms with E-state index in [9.17, 15) is 9.59 Å². The first-order valence-electron chi connectivity index (χ1n) is 21.4. The smallest absolute Gasteiger partial charge is 0.225 e. The molecule has 3 aromatic rings. The molecule has 0 saturated heterocycles. The van der Waals surface area contributed by atoms with Gasteiger partial charge in [0.1, 0.15) is 0 Å². The van der Waals surface area contributed by atoms with Crippen molar-refractivity contribution < 1.29 is 9.59 Å². The molecule has 0 saturated carbocycles. The predicted molar refractivity (Wildman–Crippen MR) is 239 cm³/mol. The van der Waals surface area contributed by atoms with Gasteiger partial charge >= 0.3 is 0 Å². The van der Waals surface area contributed by atoms with Gasteiger partial charge in [0.15, 0.2) is 0 Å². The second-order valence-electron chi connectivity index (χ2n) is 15.7. The number of amides is 2. The average Bonchev–Trinajstić information content (AvgIpc) is 3.23. The third-order valence-corrected chi connectivity index (χ3v) is 10.7. The van der Waals surface area contributed by atoms with Crippen LogP contribution in [0.3, 0.4) is 0 Å². The minimum absolute atomic E-state index is 0.102. The van der Waals surface area contributed by atoms with E-state index in [4.69, 9.17) is 5.73 Å². The van der Waals surface area contributed by atoms with Crippen LogP contribution in [-0.4, -0.2) is 36.3 Å². The number of carbonyl (C=O) groups excluding carboxylic acids is 2. The number of hydrogen-bond acceptors (Lipinski definition) is 4.